The Bertz CT molecular complexity index is 4340. The van der Waals surface area contributed by atoms with Crippen molar-refractivity contribution in [2.24, 2.45) is 0 Å². The van der Waals surface area contributed by atoms with Gasteiger partial charge in [-0.25, -0.2) is 0 Å². The van der Waals surface area contributed by atoms with Crippen LogP contribution in [0, 0.1) is 0 Å². The second-order valence-corrected chi connectivity index (χ2v) is 17.5. The monoisotopic (exact) mass is 837 g/mol. The lowest BCUT2D eigenvalue weighted by molar-refractivity contribution is 0.669. The van der Waals surface area contributed by atoms with Crippen molar-refractivity contribution >= 4 is 125 Å². The van der Waals surface area contributed by atoms with Crippen LogP contribution in [-0.2, 0) is 0 Å². The predicted molar refractivity (Wildman–Crippen MR) is 283 cm³/mol. The first-order valence-electron chi connectivity index (χ1n) is 22.8. The molecule has 0 saturated heterocycles. The summed E-state index contributed by atoms with van der Waals surface area (Å²) >= 11 is 0. The van der Waals surface area contributed by atoms with Gasteiger partial charge < -0.3 is 9.32 Å². The molecule has 0 N–H and O–H groups in total. The second-order valence-electron chi connectivity index (χ2n) is 17.5. The van der Waals surface area contributed by atoms with Crippen molar-refractivity contribution in [2.75, 3.05) is 4.90 Å². The standard InChI is InChI=1S/C64H39NO/c1-2-16-40(17-3-1)45-20-10-12-29-58(45)65(59-30-15-28-54-52-26-11-13-31-60(52)66-64(54)59)44-35-37-51-49-24-7-5-22-47(49)46-21-4-6-23-48(46)50-25-8-9-27-53(50)63-55-36-34-42-19-14-18-41-32-33-43(62(55)61(41)42)38-57(63)56(51)39-44/h1-39H. The quantitative estimate of drug-likeness (QED) is 0.164. The Balaban J connectivity index is 1.22. The fraction of sp³-hybridized carbons (Fsp3) is 0. The summed E-state index contributed by atoms with van der Waals surface area (Å²) in [7, 11) is 0. The van der Waals surface area contributed by atoms with Crippen LogP contribution in [0.2, 0.25) is 0 Å². The largest absolute Gasteiger partial charge is 0.454 e. The minimum absolute atomic E-state index is 0.848. The van der Waals surface area contributed by atoms with Crippen molar-refractivity contribution < 1.29 is 4.42 Å². The van der Waals surface area contributed by atoms with Gasteiger partial charge in [0, 0.05) is 22.0 Å². The topological polar surface area (TPSA) is 16.4 Å². The number of nitrogens with zero attached hydrogens (tertiary/aromatic N) is 1. The van der Waals surface area contributed by atoms with E-state index in [4.69, 9.17) is 4.42 Å². The molecular formula is C64H39NO. The maximum absolute atomic E-state index is 6.88. The lowest BCUT2D eigenvalue weighted by Crippen LogP contribution is -2.11. The number of hydrogen-bond donors (Lipinski definition) is 0. The van der Waals surface area contributed by atoms with Crippen LogP contribution in [0.5, 0.6) is 0 Å². The van der Waals surface area contributed by atoms with E-state index in [1.807, 2.05) is 6.07 Å². The minimum atomic E-state index is 0.848. The minimum Gasteiger partial charge on any atom is -0.454 e. The van der Waals surface area contributed by atoms with Crippen LogP contribution in [0.25, 0.3) is 119 Å². The summed E-state index contributed by atoms with van der Waals surface area (Å²) in [6.07, 6.45) is 0. The van der Waals surface area contributed by atoms with Gasteiger partial charge >= 0.3 is 0 Å². The Kier molecular flexibility index (Phi) is 8.02. The number of anilines is 3. The van der Waals surface area contributed by atoms with Gasteiger partial charge in [0.25, 0.3) is 0 Å². The molecule has 0 spiro atoms. The molecule has 0 atom stereocenters. The molecule has 1 aromatic heterocycles. The Morgan fingerprint density at radius 2 is 0.803 bits per heavy atom. The highest BCUT2D eigenvalue weighted by atomic mass is 16.3. The van der Waals surface area contributed by atoms with E-state index >= 15 is 0 Å². The molecule has 2 heteroatoms. The highest BCUT2D eigenvalue weighted by molar-refractivity contribution is 6.37. The normalized spacial score (nSPS) is 11.9. The first-order chi connectivity index (χ1) is 32.8. The van der Waals surface area contributed by atoms with Gasteiger partial charge in [-0.15, -0.1) is 0 Å². The molecule has 0 radical (unpaired) electrons. The number of rotatable bonds is 4. The summed E-state index contributed by atoms with van der Waals surface area (Å²) in [5, 5.41) is 21.8. The zero-order valence-electron chi connectivity index (χ0n) is 35.9. The SMILES string of the molecule is c1ccc(-c2ccccc2N(c2ccc3c4ccccc4c4ccccc4c4ccccc4c4c(cc5ccc6cccc7ccc4c5c67)c3c2)c2cccc3c2oc2ccccc23)cc1. The van der Waals surface area contributed by atoms with E-state index in [1.165, 1.54) is 80.8 Å². The average Bonchev–Trinajstić information content (AvgIpc) is 3.78. The number of hydrogen-bond acceptors (Lipinski definition) is 2. The molecule has 0 aliphatic heterocycles. The lowest BCUT2D eigenvalue weighted by atomic mass is 9.87. The number of benzene rings is 12. The first-order valence-corrected chi connectivity index (χ1v) is 22.8. The maximum atomic E-state index is 6.88. The van der Waals surface area contributed by atoms with Crippen molar-refractivity contribution in [1.29, 1.82) is 0 Å². The van der Waals surface area contributed by atoms with Gasteiger partial charge in [0.05, 0.1) is 11.4 Å². The third kappa shape index (κ3) is 5.42. The first kappa shape index (κ1) is 36.7. The van der Waals surface area contributed by atoms with Gasteiger partial charge in [-0.1, -0.05) is 200 Å². The molecule has 14 aromatic rings. The number of para-hydroxylation sites is 3. The predicted octanol–water partition coefficient (Wildman–Crippen LogP) is 18.5. The van der Waals surface area contributed by atoms with Crippen LogP contribution in [0.15, 0.2) is 241 Å². The third-order valence-corrected chi connectivity index (χ3v) is 14.0. The van der Waals surface area contributed by atoms with E-state index in [0.29, 0.717) is 0 Å². The van der Waals surface area contributed by atoms with Gasteiger partial charge in [0.15, 0.2) is 5.58 Å². The molecule has 0 unspecified atom stereocenters. The molecule has 0 fully saturated rings. The number of furan rings is 1. The highest BCUT2D eigenvalue weighted by Gasteiger charge is 2.23. The van der Waals surface area contributed by atoms with E-state index in [2.05, 4.69) is 235 Å². The summed E-state index contributed by atoms with van der Waals surface area (Å²) in [5.74, 6) is 0. The molecule has 14 rings (SSSR count). The molecule has 1 heterocycles. The summed E-state index contributed by atoms with van der Waals surface area (Å²) in [6, 6.07) is 87.0. The molecule has 0 aliphatic rings. The molecule has 66 heavy (non-hydrogen) atoms. The second kappa shape index (κ2) is 14.4. The molecular weight excluding hydrogens is 799 g/mol. The summed E-state index contributed by atoms with van der Waals surface area (Å²) in [5.41, 5.74) is 7.06. The molecule has 2 nitrogen and oxygen atoms in total. The Labute approximate surface area is 380 Å². The van der Waals surface area contributed by atoms with Crippen molar-refractivity contribution in [3.63, 3.8) is 0 Å². The van der Waals surface area contributed by atoms with E-state index in [9.17, 15) is 0 Å². The van der Waals surface area contributed by atoms with Gasteiger partial charge in [0.2, 0.25) is 0 Å². The van der Waals surface area contributed by atoms with Gasteiger partial charge in [-0.3, -0.25) is 0 Å². The Morgan fingerprint density at radius 3 is 1.55 bits per heavy atom. The zero-order chi connectivity index (χ0) is 43.3. The van der Waals surface area contributed by atoms with Crippen LogP contribution < -0.4 is 4.90 Å². The fourth-order valence-corrected chi connectivity index (χ4v) is 11.1. The Hall–Kier alpha value is -8.72. The van der Waals surface area contributed by atoms with Crippen LogP contribution in [0.1, 0.15) is 0 Å². The maximum Gasteiger partial charge on any atom is 0.159 e. The van der Waals surface area contributed by atoms with Crippen molar-refractivity contribution in [1.82, 2.24) is 0 Å². The molecule has 0 amide bonds. The van der Waals surface area contributed by atoms with Gasteiger partial charge in [0.1, 0.15) is 5.58 Å². The van der Waals surface area contributed by atoms with E-state index in [0.717, 1.165) is 55.5 Å². The molecule has 306 valence electrons. The van der Waals surface area contributed by atoms with Gasteiger partial charge in [-0.2, -0.15) is 0 Å². The van der Waals surface area contributed by atoms with Gasteiger partial charge in [-0.05, 0) is 128 Å². The van der Waals surface area contributed by atoms with Crippen LogP contribution in [0.3, 0.4) is 0 Å². The van der Waals surface area contributed by atoms with Crippen molar-refractivity contribution in [3.05, 3.63) is 237 Å². The molecule has 0 aliphatic carbocycles. The molecule has 0 bridgehead atoms. The van der Waals surface area contributed by atoms with Crippen molar-refractivity contribution in [2.45, 2.75) is 0 Å². The van der Waals surface area contributed by atoms with Crippen LogP contribution in [0.4, 0.5) is 17.1 Å². The third-order valence-electron chi connectivity index (χ3n) is 14.0. The van der Waals surface area contributed by atoms with Crippen LogP contribution >= 0.6 is 0 Å². The highest BCUT2D eigenvalue weighted by Crippen LogP contribution is 2.48. The smallest absolute Gasteiger partial charge is 0.159 e. The summed E-state index contributed by atoms with van der Waals surface area (Å²) < 4.78 is 6.88. The fourth-order valence-electron chi connectivity index (χ4n) is 11.1. The average molecular weight is 838 g/mol. The van der Waals surface area contributed by atoms with E-state index in [1.54, 1.807) is 0 Å². The molecule has 0 saturated carbocycles. The molecule has 13 aromatic carbocycles. The summed E-state index contributed by atoms with van der Waals surface area (Å²) in [4.78, 5) is 2.42. The van der Waals surface area contributed by atoms with E-state index in [-0.39, 0.29) is 0 Å². The van der Waals surface area contributed by atoms with Crippen LogP contribution in [-0.4, -0.2) is 0 Å². The summed E-state index contributed by atoms with van der Waals surface area (Å²) in [6.45, 7) is 0. The van der Waals surface area contributed by atoms with E-state index < -0.39 is 0 Å². The lowest BCUT2D eigenvalue weighted by Gasteiger charge is -2.28. The Morgan fingerprint density at radius 1 is 0.273 bits per heavy atom. The zero-order valence-corrected chi connectivity index (χ0v) is 35.9. The van der Waals surface area contributed by atoms with Crippen molar-refractivity contribution in [3.8, 4) is 11.1 Å². The number of fused-ring (bicyclic) bond motifs is 14.